The molecule has 2 aliphatic rings. The fourth-order valence-electron chi connectivity index (χ4n) is 3.50. The van der Waals surface area contributed by atoms with Crippen molar-refractivity contribution in [3.63, 3.8) is 0 Å². The summed E-state index contributed by atoms with van der Waals surface area (Å²) in [6.07, 6.45) is 6.00. The molecule has 2 heterocycles. The SMILES string of the molecule is Cc1cc(Nc2ncc3c(n2)N(C2CCCC2)C(=O)NC3)ccc1F. The highest BCUT2D eigenvalue weighted by molar-refractivity contribution is 5.94. The molecule has 1 aliphatic carbocycles. The van der Waals surface area contributed by atoms with E-state index in [1.165, 1.54) is 6.07 Å². The molecule has 0 bridgehead atoms. The predicted molar refractivity (Wildman–Crippen MR) is 93.4 cm³/mol. The summed E-state index contributed by atoms with van der Waals surface area (Å²) >= 11 is 0. The second-order valence-electron chi connectivity index (χ2n) is 6.60. The number of aromatic nitrogens is 2. The van der Waals surface area contributed by atoms with Gasteiger partial charge < -0.3 is 10.6 Å². The van der Waals surface area contributed by atoms with Gasteiger partial charge in [0.2, 0.25) is 5.95 Å². The molecule has 0 saturated heterocycles. The van der Waals surface area contributed by atoms with Crippen LogP contribution in [0.5, 0.6) is 0 Å². The van der Waals surface area contributed by atoms with Crippen molar-refractivity contribution in [1.82, 2.24) is 15.3 Å². The van der Waals surface area contributed by atoms with Crippen LogP contribution in [0.1, 0.15) is 36.8 Å². The maximum absolute atomic E-state index is 13.4. The Kier molecular flexibility index (Phi) is 3.99. The first-order valence-electron chi connectivity index (χ1n) is 8.58. The van der Waals surface area contributed by atoms with Crippen LogP contribution < -0.4 is 15.5 Å². The number of halogens is 1. The Labute approximate surface area is 145 Å². The highest BCUT2D eigenvalue weighted by Gasteiger charge is 2.33. The minimum atomic E-state index is -0.249. The van der Waals surface area contributed by atoms with Crippen molar-refractivity contribution in [1.29, 1.82) is 0 Å². The van der Waals surface area contributed by atoms with Gasteiger partial charge in [-0.15, -0.1) is 0 Å². The Morgan fingerprint density at radius 2 is 2.12 bits per heavy atom. The number of amides is 2. The summed E-state index contributed by atoms with van der Waals surface area (Å²) in [6, 6.07) is 4.86. The number of hydrogen-bond acceptors (Lipinski definition) is 4. The first-order chi connectivity index (χ1) is 12.1. The van der Waals surface area contributed by atoms with Gasteiger partial charge in [-0.1, -0.05) is 12.8 Å². The first-order valence-corrected chi connectivity index (χ1v) is 8.58. The Hall–Kier alpha value is -2.70. The van der Waals surface area contributed by atoms with Gasteiger partial charge in [-0.25, -0.2) is 14.2 Å². The minimum absolute atomic E-state index is 0.0957. The largest absolute Gasteiger partial charge is 0.333 e. The van der Waals surface area contributed by atoms with E-state index in [1.807, 2.05) is 0 Å². The van der Waals surface area contributed by atoms with Crippen molar-refractivity contribution >= 4 is 23.5 Å². The molecule has 130 valence electrons. The Balaban J connectivity index is 1.65. The molecule has 2 amide bonds. The van der Waals surface area contributed by atoms with Gasteiger partial charge >= 0.3 is 6.03 Å². The second-order valence-corrected chi connectivity index (χ2v) is 6.60. The van der Waals surface area contributed by atoms with Gasteiger partial charge in [-0.05, 0) is 43.5 Å². The van der Waals surface area contributed by atoms with Gasteiger partial charge in [0.1, 0.15) is 11.6 Å². The van der Waals surface area contributed by atoms with Crippen LogP contribution in [-0.4, -0.2) is 22.0 Å². The van der Waals surface area contributed by atoms with Gasteiger partial charge in [0.05, 0.1) is 0 Å². The lowest BCUT2D eigenvalue weighted by atomic mass is 10.1. The van der Waals surface area contributed by atoms with E-state index in [0.717, 1.165) is 31.2 Å². The van der Waals surface area contributed by atoms with E-state index in [-0.39, 0.29) is 17.9 Å². The molecular weight excluding hydrogens is 321 g/mol. The first kappa shape index (κ1) is 15.8. The summed E-state index contributed by atoms with van der Waals surface area (Å²) in [4.78, 5) is 23.1. The highest BCUT2D eigenvalue weighted by Crippen LogP contribution is 2.32. The van der Waals surface area contributed by atoms with E-state index in [1.54, 1.807) is 30.2 Å². The van der Waals surface area contributed by atoms with Gasteiger partial charge in [0, 0.05) is 30.0 Å². The number of nitrogens with zero attached hydrogens (tertiary/aromatic N) is 3. The van der Waals surface area contributed by atoms with E-state index in [2.05, 4.69) is 20.6 Å². The van der Waals surface area contributed by atoms with Crippen molar-refractivity contribution in [3.8, 4) is 0 Å². The molecule has 1 aromatic carbocycles. The normalized spacial score (nSPS) is 17.4. The lowest BCUT2D eigenvalue weighted by Crippen LogP contribution is -2.49. The maximum atomic E-state index is 13.4. The van der Waals surface area contributed by atoms with Crippen LogP contribution in [-0.2, 0) is 6.54 Å². The zero-order valence-corrected chi connectivity index (χ0v) is 14.1. The molecule has 2 N–H and O–H groups in total. The minimum Gasteiger partial charge on any atom is -0.333 e. The third-order valence-electron chi connectivity index (χ3n) is 4.82. The van der Waals surface area contributed by atoms with Crippen LogP contribution in [0, 0.1) is 12.7 Å². The lowest BCUT2D eigenvalue weighted by molar-refractivity contribution is 0.241. The zero-order valence-electron chi connectivity index (χ0n) is 14.1. The number of nitrogens with one attached hydrogen (secondary N) is 2. The molecule has 1 aliphatic heterocycles. The van der Waals surface area contributed by atoms with E-state index in [9.17, 15) is 9.18 Å². The number of benzene rings is 1. The zero-order chi connectivity index (χ0) is 17.4. The van der Waals surface area contributed by atoms with Crippen molar-refractivity contribution in [3.05, 3.63) is 41.3 Å². The molecule has 2 aromatic rings. The summed E-state index contributed by atoms with van der Waals surface area (Å²) in [5, 5.41) is 5.99. The fraction of sp³-hybridized carbons (Fsp3) is 0.389. The van der Waals surface area contributed by atoms with Crippen molar-refractivity contribution in [2.45, 2.75) is 45.2 Å². The van der Waals surface area contributed by atoms with Crippen LogP contribution in [0.2, 0.25) is 0 Å². The second kappa shape index (κ2) is 6.31. The number of hydrogen-bond donors (Lipinski definition) is 2. The molecular formula is C18H20FN5O. The van der Waals surface area contributed by atoms with Gasteiger partial charge in [-0.2, -0.15) is 4.98 Å². The molecule has 4 rings (SSSR count). The molecule has 1 aromatic heterocycles. The lowest BCUT2D eigenvalue weighted by Gasteiger charge is -2.33. The summed E-state index contributed by atoms with van der Waals surface area (Å²) in [7, 11) is 0. The summed E-state index contributed by atoms with van der Waals surface area (Å²) in [5.74, 6) is 0.829. The molecule has 0 spiro atoms. The standard InChI is InChI=1S/C18H20FN5O/c1-11-8-13(6-7-15(11)19)22-17-20-9-12-10-21-18(25)24(16(12)23-17)14-4-2-3-5-14/h6-9,14H,2-5,10H2,1H3,(H,21,25)(H,20,22,23). The molecule has 6 nitrogen and oxygen atoms in total. The van der Waals surface area contributed by atoms with E-state index >= 15 is 0 Å². The van der Waals surface area contributed by atoms with Crippen LogP contribution in [0.25, 0.3) is 0 Å². The van der Waals surface area contributed by atoms with Crippen LogP contribution in [0.3, 0.4) is 0 Å². The van der Waals surface area contributed by atoms with Crippen LogP contribution in [0.4, 0.5) is 26.6 Å². The molecule has 25 heavy (non-hydrogen) atoms. The van der Waals surface area contributed by atoms with Gasteiger partial charge in [-0.3, -0.25) is 4.90 Å². The molecule has 0 radical (unpaired) electrons. The van der Waals surface area contributed by atoms with E-state index < -0.39 is 0 Å². The number of aryl methyl sites for hydroxylation is 1. The Morgan fingerprint density at radius 1 is 1.32 bits per heavy atom. The average molecular weight is 341 g/mol. The molecule has 1 saturated carbocycles. The molecule has 0 unspecified atom stereocenters. The van der Waals surface area contributed by atoms with Crippen molar-refractivity contribution < 1.29 is 9.18 Å². The number of urea groups is 1. The van der Waals surface area contributed by atoms with Gasteiger partial charge in [0.15, 0.2) is 0 Å². The van der Waals surface area contributed by atoms with E-state index in [0.29, 0.717) is 29.6 Å². The predicted octanol–water partition coefficient (Wildman–Crippen LogP) is 3.64. The van der Waals surface area contributed by atoms with Gasteiger partial charge in [0.25, 0.3) is 0 Å². The third-order valence-corrected chi connectivity index (χ3v) is 4.82. The number of rotatable bonds is 3. The number of fused-ring (bicyclic) bond motifs is 1. The monoisotopic (exact) mass is 341 g/mol. The van der Waals surface area contributed by atoms with Crippen molar-refractivity contribution in [2.24, 2.45) is 0 Å². The number of anilines is 3. The highest BCUT2D eigenvalue weighted by atomic mass is 19.1. The molecule has 0 atom stereocenters. The smallest absolute Gasteiger partial charge is 0.323 e. The summed E-state index contributed by atoms with van der Waals surface area (Å²) < 4.78 is 13.4. The Morgan fingerprint density at radius 3 is 2.88 bits per heavy atom. The van der Waals surface area contributed by atoms with Crippen LogP contribution in [0.15, 0.2) is 24.4 Å². The topological polar surface area (TPSA) is 70.2 Å². The summed E-state index contributed by atoms with van der Waals surface area (Å²) in [6.45, 7) is 2.15. The number of carbonyl (C=O) groups is 1. The van der Waals surface area contributed by atoms with Crippen molar-refractivity contribution in [2.75, 3.05) is 10.2 Å². The van der Waals surface area contributed by atoms with E-state index in [4.69, 9.17) is 0 Å². The third kappa shape index (κ3) is 3.01. The Bertz CT molecular complexity index is 819. The molecule has 7 heteroatoms. The number of carbonyl (C=O) groups excluding carboxylic acids is 1. The van der Waals surface area contributed by atoms with Crippen LogP contribution >= 0.6 is 0 Å². The quantitative estimate of drug-likeness (QED) is 0.894. The summed E-state index contributed by atoms with van der Waals surface area (Å²) in [5.41, 5.74) is 2.17. The average Bonchev–Trinajstić information content (AvgIpc) is 3.12. The maximum Gasteiger partial charge on any atom is 0.323 e. The fourth-order valence-corrected chi connectivity index (χ4v) is 3.50. The molecule has 1 fully saturated rings.